The Kier molecular flexibility index (Phi) is 6.57. The number of halogens is 1. The molecule has 3 fully saturated rings. The van der Waals surface area contributed by atoms with Crippen LogP contribution in [-0.4, -0.2) is 87.4 Å². The van der Waals surface area contributed by atoms with Crippen molar-refractivity contribution in [2.75, 3.05) is 21.1 Å². The molecule has 10 nitrogen and oxygen atoms in total. The van der Waals surface area contributed by atoms with Crippen LogP contribution in [0.15, 0.2) is 6.07 Å². The number of carbonyl (C=O) groups excluding carboxylic acids is 5. The van der Waals surface area contributed by atoms with Crippen LogP contribution in [0.25, 0.3) is 0 Å². The smallest absolute Gasteiger partial charge is 0.235 e. The second-order valence-corrected chi connectivity index (χ2v) is 12.6. The summed E-state index contributed by atoms with van der Waals surface area (Å²) in [6, 6.07) is 0.303. The van der Waals surface area contributed by atoms with Gasteiger partial charge in [-0.15, -0.1) is 0 Å². The van der Waals surface area contributed by atoms with Gasteiger partial charge in [-0.25, -0.2) is 0 Å². The number of fused-ring (bicyclic) bond motifs is 3. The Bertz CT molecular complexity index is 1320. The molecule has 1 amide bonds. The van der Waals surface area contributed by atoms with Gasteiger partial charge in [0.1, 0.15) is 5.75 Å². The first-order valence-electron chi connectivity index (χ1n) is 13.2. The molecule has 2 unspecified atom stereocenters. The van der Waals surface area contributed by atoms with Gasteiger partial charge in [-0.3, -0.25) is 33.8 Å². The molecule has 0 aliphatic heterocycles. The van der Waals surface area contributed by atoms with Gasteiger partial charge in [0.25, 0.3) is 0 Å². The Labute approximate surface area is 231 Å². The summed E-state index contributed by atoms with van der Waals surface area (Å²) in [4.78, 5) is 69.8. The number of amides is 1. The molecule has 0 bridgehead atoms. The summed E-state index contributed by atoms with van der Waals surface area (Å²) in [6.07, 6.45) is 3.38. The number of benzene rings is 1. The highest BCUT2D eigenvalue weighted by molar-refractivity contribution is 6.34. The molecule has 0 heterocycles. The monoisotopic (exact) mass is 559 g/mol. The van der Waals surface area contributed by atoms with E-state index < -0.39 is 64.4 Å². The predicted octanol–water partition coefficient (Wildman–Crippen LogP) is 0.895. The van der Waals surface area contributed by atoms with E-state index in [1.54, 1.807) is 14.1 Å². The Morgan fingerprint density at radius 1 is 1.15 bits per heavy atom. The summed E-state index contributed by atoms with van der Waals surface area (Å²) in [5, 5.41) is 22.9. The average Bonchev–Trinajstić information content (AvgIpc) is 2.82. The van der Waals surface area contributed by atoms with E-state index in [0.29, 0.717) is 22.7 Å². The van der Waals surface area contributed by atoms with Crippen LogP contribution in [0.3, 0.4) is 0 Å². The number of likely N-dealkylation sites (N-methyl/N-ethyl adjacent to an activating group) is 1. The number of rotatable bonds is 5. The van der Waals surface area contributed by atoms with Gasteiger partial charge >= 0.3 is 0 Å². The fourth-order valence-corrected chi connectivity index (χ4v) is 7.63. The molecule has 39 heavy (non-hydrogen) atoms. The van der Waals surface area contributed by atoms with Crippen molar-refractivity contribution < 1.29 is 34.2 Å². The molecule has 6 atom stereocenters. The summed E-state index contributed by atoms with van der Waals surface area (Å²) in [5.74, 6) is -10.7. The zero-order valence-electron chi connectivity index (χ0n) is 22.5. The number of ketones is 4. The highest BCUT2D eigenvalue weighted by atomic mass is 35.5. The molecule has 5 rings (SSSR count). The second-order valence-electron chi connectivity index (χ2n) is 12.2. The van der Waals surface area contributed by atoms with Gasteiger partial charge in [-0.2, -0.15) is 0 Å². The van der Waals surface area contributed by atoms with Crippen molar-refractivity contribution in [2.24, 2.45) is 29.4 Å². The summed E-state index contributed by atoms with van der Waals surface area (Å²) >= 11 is 6.84. The van der Waals surface area contributed by atoms with Gasteiger partial charge in [-0.05, 0) is 83.3 Å². The van der Waals surface area contributed by atoms with Crippen molar-refractivity contribution in [2.45, 2.75) is 62.8 Å². The SMILES string of the molecule is CN(C)[C@@H]1C(=O)C(C(N)=O)C(=O)[C@@]2(O)C(=O)C3C(=O)c4c(O)cc(CN(C)C5(C)CCC5)c(Cl)c4C[C@H]3C[C@@H]12. The number of Topliss-reactive ketones (excluding diaryl/α,β-unsaturated/α-hetero) is 4. The fourth-order valence-electron chi connectivity index (χ4n) is 7.34. The fraction of sp³-hybridized carbons (Fsp3) is 0.607. The van der Waals surface area contributed by atoms with Gasteiger partial charge in [0.05, 0.1) is 17.5 Å². The third kappa shape index (κ3) is 3.83. The van der Waals surface area contributed by atoms with Crippen LogP contribution in [0.4, 0.5) is 0 Å². The van der Waals surface area contributed by atoms with Crippen molar-refractivity contribution in [1.82, 2.24) is 9.80 Å². The van der Waals surface area contributed by atoms with Gasteiger partial charge < -0.3 is 15.9 Å². The van der Waals surface area contributed by atoms with Crippen LogP contribution >= 0.6 is 11.6 Å². The van der Waals surface area contributed by atoms with Gasteiger partial charge in [0.15, 0.2) is 34.7 Å². The summed E-state index contributed by atoms with van der Waals surface area (Å²) in [6.45, 7) is 2.63. The standard InChI is InChI=1S/C28H34ClN3O7/c1-27(6-5-7-27)32(4)11-13-10-16(33)18-14(20(13)29)8-12-9-15-21(31(2)3)23(35)19(26(30)38)25(37)28(15,39)24(36)17(12)22(18)34/h10,12,15,17,19,21,33,39H,5-9,11H2,1-4H3,(H2,30,38)/t12-,15-,17?,19?,21-,28-/m0/s1. The lowest BCUT2D eigenvalue weighted by Gasteiger charge is -2.52. The third-order valence-electron chi connectivity index (χ3n) is 9.83. The molecule has 0 saturated heterocycles. The lowest BCUT2D eigenvalue weighted by Crippen LogP contribution is -2.74. The summed E-state index contributed by atoms with van der Waals surface area (Å²) in [5.41, 5.74) is 3.63. The topological polar surface area (TPSA) is 158 Å². The number of aromatic hydroxyl groups is 1. The Hall–Kier alpha value is -2.66. The maximum absolute atomic E-state index is 13.9. The molecule has 11 heteroatoms. The molecule has 0 radical (unpaired) electrons. The quantitative estimate of drug-likeness (QED) is 0.445. The molecule has 0 spiro atoms. The molecule has 4 N–H and O–H groups in total. The lowest BCUT2D eigenvalue weighted by molar-refractivity contribution is -0.181. The van der Waals surface area contributed by atoms with Gasteiger partial charge in [0.2, 0.25) is 5.91 Å². The first-order valence-corrected chi connectivity index (χ1v) is 13.6. The van der Waals surface area contributed by atoms with E-state index >= 15 is 0 Å². The number of nitrogens with two attached hydrogens (primary N) is 1. The molecule has 1 aromatic carbocycles. The molecule has 0 aromatic heterocycles. The molecular formula is C28H34ClN3O7. The minimum atomic E-state index is -2.74. The van der Waals surface area contributed by atoms with Gasteiger partial charge in [-0.1, -0.05) is 11.6 Å². The highest BCUT2D eigenvalue weighted by Gasteiger charge is 2.69. The Balaban J connectivity index is 1.56. The number of aliphatic hydroxyl groups is 1. The van der Waals surface area contributed by atoms with E-state index in [0.717, 1.165) is 19.3 Å². The van der Waals surface area contributed by atoms with E-state index in [2.05, 4.69) is 11.8 Å². The predicted molar refractivity (Wildman–Crippen MR) is 140 cm³/mol. The Morgan fingerprint density at radius 2 is 1.79 bits per heavy atom. The van der Waals surface area contributed by atoms with Gasteiger partial charge in [0, 0.05) is 23.0 Å². The minimum absolute atomic E-state index is 0.0107. The van der Waals surface area contributed by atoms with Crippen molar-refractivity contribution in [3.63, 3.8) is 0 Å². The molecule has 210 valence electrons. The average molecular weight is 560 g/mol. The molecule has 4 aliphatic carbocycles. The van der Waals surface area contributed by atoms with E-state index in [1.165, 1.54) is 11.0 Å². The summed E-state index contributed by atoms with van der Waals surface area (Å²) in [7, 11) is 5.09. The maximum atomic E-state index is 13.9. The number of carbonyl (C=O) groups is 5. The summed E-state index contributed by atoms with van der Waals surface area (Å²) < 4.78 is 0. The molecular weight excluding hydrogens is 526 g/mol. The van der Waals surface area contributed by atoms with Crippen molar-refractivity contribution in [3.05, 3.63) is 27.8 Å². The minimum Gasteiger partial charge on any atom is -0.507 e. The lowest BCUT2D eigenvalue weighted by atomic mass is 9.52. The number of nitrogens with zero attached hydrogens (tertiary/aromatic N) is 2. The van der Waals surface area contributed by atoms with Crippen LogP contribution in [0, 0.1) is 23.7 Å². The largest absolute Gasteiger partial charge is 0.507 e. The van der Waals surface area contributed by atoms with E-state index in [1.807, 2.05) is 7.05 Å². The normalized spacial score (nSPS) is 33.5. The van der Waals surface area contributed by atoms with E-state index in [9.17, 15) is 34.2 Å². The highest BCUT2D eigenvalue weighted by Crippen LogP contribution is 2.52. The molecule has 1 aromatic rings. The van der Waals surface area contributed by atoms with Crippen LogP contribution in [0.2, 0.25) is 5.02 Å². The number of phenolic OH excluding ortho intramolecular Hbond substituents is 1. The van der Waals surface area contributed by atoms with Crippen LogP contribution in [-0.2, 0) is 32.1 Å². The van der Waals surface area contributed by atoms with E-state index in [-0.39, 0.29) is 29.7 Å². The number of phenols is 1. The Morgan fingerprint density at radius 3 is 2.33 bits per heavy atom. The maximum Gasteiger partial charge on any atom is 0.235 e. The van der Waals surface area contributed by atoms with E-state index in [4.69, 9.17) is 17.3 Å². The first-order chi connectivity index (χ1) is 18.1. The van der Waals surface area contributed by atoms with Crippen LogP contribution in [0.5, 0.6) is 5.75 Å². The zero-order chi connectivity index (χ0) is 28.8. The number of primary amides is 1. The second kappa shape index (κ2) is 9.19. The third-order valence-corrected chi connectivity index (χ3v) is 10.3. The van der Waals surface area contributed by atoms with Crippen LogP contribution < -0.4 is 5.73 Å². The van der Waals surface area contributed by atoms with Crippen molar-refractivity contribution in [1.29, 1.82) is 0 Å². The van der Waals surface area contributed by atoms with Crippen LogP contribution in [0.1, 0.15) is 54.1 Å². The van der Waals surface area contributed by atoms with Crippen molar-refractivity contribution >= 4 is 40.6 Å². The first kappa shape index (κ1) is 27.9. The number of hydrogen-bond donors (Lipinski definition) is 3. The molecule has 3 saturated carbocycles. The zero-order valence-corrected chi connectivity index (χ0v) is 23.2. The van der Waals surface area contributed by atoms with Crippen molar-refractivity contribution in [3.8, 4) is 5.75 Å². The number of hydrogen-bond acceptors (Lipinski definition) is 9. The molecule has 4 aliphatic rings.